The Hall–Kier alpha value is -2.19. The van der Waals surface area contributed by atoms with Gasteiger partial charge in [0.15, 0.2) is 11.4 Å². The molecule has 3 fully saturated rings. The van der Waals surface area contributed by atoms with E-state index in [1.807, 2.05) is 0 Å². The maximum absolute atomic E-state index is 13.7. The first-order valence-corrected chi connectivity index (χ1v) is 13.8. The number of nitrogens with zero attached hydrogens (tertiary/aromatic N) is 3. The zero-order chi connectivity index (χ0) is 25.1. The van der Waals surface area contributed by atoms with Crippen LogP contribution in [0.2, 0.25) is 0 Å². The largest absolute Gasteiger partial charge is 0.376 e. The van der Waals surface area contributed by atoms with E-state index in [0.29, 0.717) is 24.0 Å². The fourth-order valence-electron chi connectivity index (χ4n) is 6.35. The Bertz CT molecular complexity index is 1020. The van der Waals surface area contributed by atoms with Crippen LogP contribution in [0, 0.1) is 17.7 Å². The summed E-state index contributed by atoms with van der Waals surface area (Å²) in [7, 11) is 0. The third kappa shape index (κ3) is 6.38. The van der Waals surface area contributed by atoms with Crippen molar-refractivity contribution < 1.29 is 18.4 Å². The number of carbonyl (C=O) groups is 1. The number of fused-ring (bicyclic) bond motifs is 1. The Kier molecular flexibility index (Phi) is 7.82. The second kappa shape index (κ2) is 11.1. The van der Waals surface area contributed by atoms with Gasteiger partial charge in [-0.1, -0.05) is 5.16 Å². The molecule has 8 heteroatoms. The molecule has 1 unspecified atom stereocenters. The van der Waals surface area contributed by atoms with E-state index in [1.165, 1.54) is 31.4 Å². The summed E-state index contributed by atoms with van der Waals surface area (Å²) < 4.78 is 24.9. The number of piperazine rings is 1. The smallest absolute Gasteiger partial charge is 0.220 e. The number of hydrogen-bond donors (Lipinski definition) is 1. The van der Waals surface area contributed by atoms with Crippen LogP contribution < -0.4 is 10.2 Å². The molecule has 1 N–H and O–H groups in total. The average molecular weight is 501 g/mol. The van der Waals surface area contributed by atoms with Gasteiger partial charge in [0.1, 0.15) is 5.82 Å². The van der Waals surface area contributed by atoms with Crippen molar-refractivity contribution in [3.05, 3.63) is 24.0 Å². The summed E-state index contributed by atoms with van der Waals surface area (Å²) in [5, 5.41) is 8.28. The first-order chi connectivity index (χ1) is 17.3. The Morgan fingerprint density at radius 3 is 2.64 bits per heavy atom. The molecule has 0 bridgehead atoms. The van der Waals surface area contributed by atoms with Crippen molar-refractivity contribution in [1.82, 2.24) is 15.4 Å². The van der Waals surface area contributed by atoms with Crippen molar-refractivity contribution in [1.29, 1.82) is 0 Å². The minimum atomic E-state index is -0.261. The Morgan fingerprint density at radius 1 is 1.11 bits per heavy atom. The monoisotopic (exact) mass is 500 g/mol. The number of benzene rings is 1. The molecule has 1 aromatic carbocycles. The van der Waals surface area contributed by atoms with Gasteiger partial charge in [0.2, 0.25) is 5.91 Å². The van der Waals surface area contributed by atoms with Crippen LogP contribution in [0.25, 0.3) is 11.0 Å². The molecule has 3 heterocycles. The van der Waals surface area contributed by atoms with Crippen molar-refractivity contribution in [2.24, 2.45) is 11.8 Å². The summed E-state index contributed by atoms with van der Waals surface area (Å²) in [6.45, 7) is 9.85. The standard InChI is InChI=1S/C28H41FN4O3/c1-28(2)19-21(10-16-35-28)17-26(34)30-23-6-3-20(4-7-23)9-11-32-12-14-33(15-13-32)27-24-18-22(29)5-8-25(24)36-31-27/h5,8,18,20-21,23H,3-4,6-7,9-17,19H2,1-2H3,(H,30,34)/t20-,21?,23-. The average Bonchev–Trinajstić information content (AvgIpc) is 3.26. The van der Waals surface area contributed by atoms with E-state index in [4.69, 9.17) is 9.26 Å². The number of nitrogens with one attached hydrogen (secondary N) is 1. The zero-order valence-corrected chi connectivity index (χ0v) is 21.8. The van der Waals surface area contributed by atoms with Crippen LogP contribution in [-0.2, 0) is 9.53 Å². The van der Waals surface area contributed by atoms with E-state index in [1.54, 1.807) is 6.07 Å². The van der Waals surface area contributed by atoms with E-state index in [9.17, 15) is 9.18 Å². The first-order valence-electron chi connectivity index (χ1n) is 13.8. The molecule has 198 valence electrons. The third-order valence-corrected chi connectivity index (χ3v) is 8.42. The molecule has 0 radical (unpaired) electrons. The van der Waals surface area contributed by atoms with Crippen molar-refractivity contribution in [3.8, 4) is 0 Å². The molecular formula is C28H41FN4O3. The molecule has 2 aromatic rings. The van der Waals surface area contributed by atoms with Gasteiger partial charge < -0.3 is 19.5 Å². The number of rotatable bonds is 7. The molecule has 3 aliphatic rings. The second-order valence-electron chi connectivity index (χ2n) is 11.7. The number of amides is 1. The van der Waals surface area contributed by atoms with Gasteiger partial charge in [-0.3, -0.25) is 9.69 Å². The maximum Gasteiger partial charge on any atom is 0.220 e. The van der Waals surface area contributed by atoms with Crippen molar-refractivity contribution >= 4 is 22.7 Å². The van der Waals surface area contributed by atoms with Crippen LogP contribution in [0.1, 0.15) is 65.2 Å². The third-order valence-electron chi connectivity index (χ3n) is 8.42. The molecule has 1 atom stereocenters. The van der Waals surface area contributed by atoms with E-state index in [2.05, 4.69) is 34.1 Å². The van der Waals surface area contributed by atoms with Gasteiger partial charge in [0.25, 0.3) is 0 Å². The van der Waals surface area contributed by atoms with Crippen LogP contribution in [-0.4, -0.2) is 66.9 Å². The summed E-state index contributed by atoms with van der Waals surface area (Å²) in [4.78, 5) is 17.3. The SMILES string of the molecule is CC1(C)CC(CC(=O)N[C@H]2CC[C@H](CCN3CCN(c4noc5ccc(F)cc45)CC3)CC2)CCO1. The van der Waals surface area contributed by atoms with E-state index in [0.717, 1.165) is 82.1 Å². The topological polar surface area (TPSA) is 70.8 Å². The number of hydrogen-bond acceptors (Lipinski definition) is 6. The highest BCUT2D eigenvalue weighted by molar-refractivity contribution is 5.88. The predicted molar refractivity (Wildman–Crippen MR) is 138 cm³/mol. The first kappa shape index (κ1) is 25.5. The van der Waals surface area contributed by atoms with E-state index < -0.39 is 0 Å². The maximum atomic E-state index is 13.7. The molecule has 2 saturated heterocycles. The van der Waals surface area contributed by atoms with Gasteiger partial charge in [0.05, 0.1) is 11.0 Å². The van der Waals surface area contributed by atoms with Gasteiger partial charge in [0, 0.05) is 45.2 Å². The summed E-state index contributed by atoms with van der Waals surface area (Å²) in [6, 6.07) is 4.90. The summed E-state index contributed by atoms with van der Waals surface area (Å²) in [5.41, 5.74) is 0.533. The lowest BCUT2D eigenvalue weighted by molar-refractivity contribution is -0.125. The number of anilines is 1. The highest BCUT2D eigenvalue weighted by Crippen LogP contribution is 2.32. The van der Waals surface area contributed by atoms with Gasteiger partial charge >= 0.3 is 0 Å². The molecule has 2 aliphatic heterocycles. The fraction of sp³-hybridized carbons (Fsp3) is 0.714. The molecule has 1 aliphatic carbocycles. The summed E-state index contributed by atoms with van der Waals surface area (Å²) in [6.07, 6.45) is 8.41. The number of carbonyl (C=O) groups excluding carboxylic acids is 1. The van der Waals surface area contributed by atoms with Crippen molar-refractivity contribution in [3.63, 3.8) is 0 Å². The lowest BCUT2D eigenvalue weighted by Gasteiger charge is -2.36. The molecular weight excluding hydrogens is 459 g/mol. The lowest BCUT2D eigenvalue weighted by atomic mass is 9.83. The molecule has 36 heavy (non-hydrogen) atoms. The predicted octanol–water partition coefficient (Wildman–Crippen LogP) is 4.75. The number of ether oxygens (including phenoxy) is 1. The van der Waals surface area contributed by atoms with Gasteiger partial charge in [-0.25, -0.2) is 4.39 Å². The zero-order valence-electron chi connectivity index (χ0n) is 21.8. The minimum Gasteiger partial charge on any atom is -0.376 e. The lowest BCUT2D eigenvalue weighted by Crippen LogP contribution is -2.47. The highest BCUT2D eigenvalue weighted by atomic mass is 19.1. The molecule has 1 saturated carbocycles. The van der Waals surface area contributed by atoms with Gasteiger partial charge in [-0.2, -0.15) is 0 Å². The van der Waals surface area contributed by atoms with E-state index in [-0.39, 0.29) is 17.3 Å². The second-order valence-corrected chi connectivity index (χ2v) is 11.7. The van der Waals surface area contributed by atoms with E-state index >= 15 is 0 Å². The van der Waals surface area contributed by atoms with Crippen LogP contribution in [0.3, 0.4) is 0 Å². The quantitative estimate of drug-likeness (QED) is 0.592. The Balaban J connectivity index is 0.991. The molecule has 0 spiro atoms. The van der Waals surface area contributed by atoms with Crippen LogP contribution in [0.4, 0.5) is 10.2 Å². The molecule has 1 amide bonds. The molecule has 1 aromatic heterocycles. The Morgan fingerprint density at radius 2 is 1.89 bits per heavy atom. The Labute approximate surface area is 213 Å². The number of halogens is 1. The number of aromatic nitrogens is 1. The van der Waals surface area contributed by atoms with Crippen LogP contribution in [0.15, 0.2) is 22.7 Å². The fourth-order valence-corrected chi connectivity index (χ4v) is 6.35. The normalized spacial score (nSPS) is 27.3. The molecule has 7 nitrogen and oxygen atoms in total. The summed E-state index contributed by atoms with van der Waals surface area (Å²) in [5.74, 6) is 1.90. The van der Waals surface area contributed by atoms with Gasteiger partial charge in [-0.05, 0) is 95.4 Å². The van der Waals surface area contributed by atoms with Crippen LogP contribution >= 0.6 is 0 Å². The van der Waals surface area contributed by atoms with Gasteiger partial charge in [-0.15, -0.1) is 0 Å². The van der Waals surface area contributed by atoms with Crippen LogP contribution in [0.5, 0.6) is 0 Å². The van der Waals surface area contributed by atoms with Crippen molar-refractivity contribution in [2.75, 3.05) is 44.2 Å². The highest BCUT2D eigenvalue weighted by Gasteiger charge is 2.31. The summed E-state index contributed by atoms with van der Waals surface area (Å²) >= 11 is 0. The molecule has 5 rings (SSSR count). The van der Waals surface area contributed by atoms with Crippen molar-refractivity contribution in [2.45, 2.75) is 76.9 Å². The minimum absolute atomic E-state index is 0.0994.